The van der Waals surface area contributed by atoms with Gasteiger partial charge >= 0.3 is 5.97 Å². The Morgan fingerprint density at radius 1 is 1.27 bits per heavy atom. The van der Waals surface area contributed by atoms with Crippen molar-refractivity contribution < 1.29 is 19.1 Å². The first kappa shape index (κ1) is 17.0. The van der Waals surface area contributed by atoms with E-state index in [9.17, 15) is 9.59 Å². The van der Waals surface area contributed by atoms with Gasteiger partial charge in [-0.1, -0.05) is 12.8 Å². The van der Waals surface area contributed by atoms with Crippen molar-refractivity contribution >= 4 is 11.9 Å². The third-order valence-corrected chi connectivity index (χ3v) is 4.52. The lowest BCUT2D eigenvalue weighted by Gasteiger charge is -2.29. The van der Waals surface area contributed by atoms with Crippen molar-refractivity contribution in [1.29, 1.82) is 0 Å². The van der Waals surface area contributed by atoms with Crippen LogP contribution in [0, 0.1) is 0 Å². The first-order chi connectivity index (χ1) is 10.6. The van der Waals surface area contributed by atoms with E-state index in [0.29, 0.717) is 30.9 Å². The molecular formula is C17H27NO4. The number of hydrogen-bond acceptors (Lipinski definition) is 4. The van der Waals surface area contributed by atoms with Crippen LogP contribution >= 0.6 is 0 Å². The number of esters is 1. The second kappa shape index (κ2) is 7.77. The van der Waals surface area contributed by atoms with Gasteiger partial charge in [-0.25, -0.2) is 4.79 Å². The van der Waals surface area contributed by atoms with Crippen molar-refractivity contribution in [2.75, 3.05) is 19.8 Å². The van der Waals surface area contributed by atoms with Gasteiger partial charge in [-0.3, -0.25) is 4.79 Å². The maximum atomic E-state index is 12.6. The van der Waals surface area contributed by atoms with Crippen molar-refractivity contribution in [2.45, 2.75) is 64.4 Å². The number of ether oxygens (including phenoxy) is 2. The minimum atomic E-state index is -0.679. The highest BCUT2D eigenvalue weighted by atomic mass is 16.6. The molecule has 0 aromatic heterocycles. The van der Waals surface area contributed by atoms with Crippen molar-refractivity contribution in [2.24, 2.45) is 0 Å². The van der Waals surface area contributed by atoms with E-state index in [1.165, 1.54) is 0 Å². The largest absolute Gasteiger partial charge is 0.451 e. The zero-order chi connectivity index (χ0) is 16.0. The van der Waals surface area contributed by atoms with Crippen LogP contribution in [-0.2, 0) is 19.1 Å². The monoisotopic (exact) mass is 309 g/mol. The number of carbonyl (C=O) groups is 2. The van der Waals surface area contributed by atoms with Crippen molar-refractivity contribution in [3.05, 3.63) is 11.1 Å². The Labute approximate surface area is 132 Å². The molecule has 0 radical (unpaired) electrons. The maximum absolute atomic E-state index is 12.6. The van der Waals surface area contributed by atoms with Gasteiger partial charge < -0.3 is 14.8 Å². The summed E-state index contributed by atoms with van der Waals surface area (Å²) in [7, 11) is 0. The molecule has 1 spiro atoms. The molecule has 1 aliphatic heterocycles. The smallest absolute Gasteiger partial charge is 0.335 e. The van der Waals surface area contributed by atoms with Crippen molar-refractivity contribution in [3.8, 4) is 0 Å². The van der Waals surface area contributed by atoms with E-state index < -0.39 is 5.60 Å². The number of carbonyl (C=O) groups excluding carboxylic acids is 2. The summed E-state index contributed by atoms with van der Waals surface area (Å²) < 4.78 is 10.9. The third kappa shape index (κ3) is 3.69. The lowest BCUT2D eigenvalue weighted by atomic mass is 9.84. The summed E-state index contributed by atoms with van der Waals surface area (Å²) in [4.78, 5) is 24.6. The predicted octanol–water partition coefficient (Wildman–Crippen LogP) is 2.50. The molecule has 0 aromatic rings. The van der Waals surface area contributed by atoms with Gasteiger partial charge in [0, 0.05) is 25.3 Å². The molecular weight excluding hydrogens is 282 g/mol. The Morgan fingerprint density at radius 3 is 2.59 bits per heavy atom. The third-order valence-electron chi connectivity index (χ3n) is 4.52. The summed E-state index contributed by atoms with van der Waals surface area (Å²) in [5.74, 6) is -0.483. The van der Waals surface area contributed by atoms with Crippen LogP contribution in [0.2, 0.25) is 0 Å². The van der Waals surface area contributed by atoms with Crippen LogP contribution in [-0.4, -0.2) is 37.2 Å². The van der Waals surface area contributed by atoms with Gasteiger partial charge in [0.1, 0.15) is 5.60 Å². The van der Waals surface area contributed by atoms with E-state index in [0.717, 1.165) is 44.9 Å². The molecule has 1 amide bonds. The van der Waals surface area contributed by atoms with Crippen LogP contribution in [0.1, 0.15) is 58.8 Å². The Morgan fingerprint density at radius 2 is 1.95 bits per heavy atom. The number of nitrogens with one attached hydrogen (secondary N) is 1. The fraction of sp³-hybridized carbons (Fsp3) is 0.765. The van der Waals surface area contributed by atoms with E-state index >= 15 is 0 Å². The lowest BCUT2D eigenvalue weighted by molar-refractivity contribution is -0.148. The molecule has 1 heterocycles. The van der Waals surface area contributed by atoms with E-state index in [-0.39, 0.29) is 11.9 Å². The molecule has 0 unspecified atom stereocenters. The SMILES string of the molecule is CCOCCCNC(=O)C1=C(C)C(=O)OC12CCCCCC2. The maximum Gasteiger partial charge on any atom is 0.335 e. The number of hydrogen-bond donors (Lipinski definition) is 1. The summed E-state index contributed by atoms with van der Waals surface area (Å²) in [6, 6.07) is 0. The predicted molar refractivity (Wildman–Crippen MR) is 83.3 cm³/mol. The Balaban J connectivity index is 2.04. The summed E-state index contributed by atoms with van der Waals surface area (Å²) in [5, 5.41) is 2.92. The fourth-order valence-corrected chi connectivity index (χ4v) is 3.39. The van der Waals surface area contributed by atoms with Crippen LogP contribution in [0.5, 0.6) is 0 Å². The minimum absolute atomic E-state index is 0.151. The Hall–Kier alpha value is -1.36. The normalized spacial score (nSPS) is 20.9. The molecule has 0 atom stereocenters. The van der Waals surface area contributed by atoms with E-state index in [2.05, 4.69) is 5.32 Å². The van der Waals surface area contributed by atoms with Crippen LogP contribution in [0.15, 0.2) is 11.1 Å². The molecule has 5 heteroatoms. The highest BCUT2D eigenvalue weighted by Gasteiger charge is 2.48. The topological polar surface area (TPSA) is 64.6 Å². The molecule has 22 heavy (non-hydrogen) atoms. The zero-order valence-corrected chi connectivity index (χ0v) is 13.7. The van der Waals surface area contributed by atoms with Crippen molar-refractivity contribution in [1.82, 2.24) is 5.32 Å². The molecule has 2 rings (SSSR count). The van der Waals surface area contributed by atoms with Gasteiger partial charge in [0.05, 0.1) is 5.57 Å². The van der Waals surface area contributed by atoms with Crippen molar-refractivity contribution in [3.63, 3.8) is 0 Å². The van der Waals surface area contributed by atoms with Gasteiger partial charge in [-0.15, -0.1) is 0 Å². The van der Waals surface area contributed by atoms with E-state index in [1.807, 2.05) is 6.92 Å². The van der Waals surface area contributed by atoms with Crippen LogP contribution < -0.4 is 5.32 Å². The second-order valence-corrected chi connectivity index (χ2v) is 6.10. The van der Waals surface area contributed by atoms with E-state index in [1.54, 1.807) is 6.92 Å². The standard InChI is InChI=1S/C17H27NO4/c1-3-21-12-8-11-18-15(19)14-13(2)16(20)22-17(14)9-6-4-5-7-10-17/h3-12H2,1-2H3,(H,18,19). The number of rotatable bonds is 6. The Kier molecular flexibility index (Phi) is 6.00. The Bertz CT molecular complexity index is 448. The summed E-state index contributed by atoms with van der Waals surface area (Å²) in [6.07, 6.45) is 6.58. The van der Waals surface area contributed by atoms with Crippen LogP contribution in [0.25, 0.3) is 0 Å². The molecule has 124 valence electrons. The lowest BCUT2D eigenvalue weighted by Crippen LogP contribution is -2.39. The molecule has 1 saturated carbocycles. The van der Waals surface area contributed by atoms with Crippen LogP contribution in [0.4, 0.5) is 0 Å². The molecule has 2 aliphatic rings. The number of amides is 1. The zero-order valence-electron chi connectivity index (χ0n) is 13.7. The molecule has 1 aliphatic carbocycles. The molecule has 0 aromatic carbocycles. The fourth-order valence-electron chi connectivity index (χ4n) is 3.39. The van der Waals surface area contributed by atoms with Gasteiger partial charge in [-0.2, -0.15) is 0 Å². The van der Waals surface area contributed by atoms with Gasteiger partial charge in [0.25, 0.3) is 5.91 Å². The average molecular weight is 309 g/mol. The van der Waals surface area contributed by atoms with E-state index in [4.69, 9.17) is 9.47 Å². The van der Waals surface area contributed by atoms with Crippen LogP contribution in [0.3, 0.4) is 0 Å². The van der Waals surface area contributed by atoms with Gasteiger partial charge in [0.2, 0.25) is 0 Å². The summed E-state index contributed by atoms with van der Waals surface area (Å²) in [6.45, 7) is 5.53. The first-order valence-electron chi connectivity index (χ1n) is 8.41. The highest BCUT2D eigenvalue weighted by Crippen LogP contribution is 2.42. The molecule has 0 bridgehead atoms. The molecule has 1 fully saturated rings. The van der Waals surface area contributed by atoms with Gasteiger partial charge in [-0.05, 0) is 46.0 Å². The average Bonchev–Trinajstić information content (AvgIpc) is 2.65. The molecule has 0 saturated heterocycles. The summed E-state index contributed by atoms with van der Waals surface area (Å²) in [5.41, 5.74) is 0.363. The minimum Gasteiger partial charge on any atom is -0.451 e. The quantitative estimate of drug-likeness (QED) is 0.605. The second-order valence-electron chi connectivity index (χ2n) is 6.10. The molecule has 5 nitrogen and oxygen atoms in total. The van der Waals surface area contributed by atoms with Gasteiger partial charge in [0.15, 0.2) is 0 Å². The first-order valence-corrected chi connectivity index (χ1v) is 8.41. The highest BCUT2D eigenvalue weighted by molar-refractivity contribution is 6.07. The molecule has 1 N–H and O–H groups in total. The summed E-state index contributed by atoms with van der Waals surface area (Å²) >= 11 is 0.